The zero-order chi connectivity index (χ0) is 12.7. The van der Waals surface area contributed by atoms with Gasteiger partial charge in [0, 0.05) is 11.5 Å². The summed E-state index contributed by atoms with van der Waals surface area (Å²) in [5.74, 6) is 6.91. The van der Waals surface area contributed by atoms with Gasteiger partial charge in [0.05, 0.1) is 0 Å². The minimum absolute atomic E-state index is 0.238. The Morgan fingerprint density at radius 3 is 2.35 bits per heavy atom. The number of allylic oxidation sites excluding steroid dienone is 2. The van der Waals surface area contributed by atoms with E-state index in [1.54, 1.807) is 0 Å². The van der Waals surface area contributed by atoms with Crippen LogP contribution in [-0.4, -0.2) is 0 Å². The van der Waals surface area contributed by atoms with Crippen molar-refractivity contribution in [1.29, 1.82) is 0 Å². The molecule has 0 heteroatoms. The SMILES string of the molecule is CCC(C#Cc1ccccc1)C=CC(C)(C)C. The molecule has 0 N–H and O–H groups in total. The lowest BCUT2D eigenvalue weighted by Crippen LogP contribution is -2.00. The molecule has 1 atom stereocenters. The highest BCUT2D eigenvalue weighted by atomic mass is 14.1. The first-order valence-corrected chi connectivity index (χ1v) is 6.27. The Kier molecular flexibility index (Phi) is 5.04. The predicted octanol–water partition coefficient (Wildman–Crippen LogP) is 4.67. The maximum Gasteiger partial charge on any atom is 0.0383 e. The van der Waals surface area contributed by atoms with Crippen molar-refractivity contribution in [3.8, 4) is 11.8 Å². The second kappa shape index (κ2) is 6.30. The Morgan fingerprint density at radius 2 is 1.82 bits per heavy atom. The highest BCUT2D eigenvalue weighted by Crippen LogP contribution is 2.17. The standard InChI is InChI=1S/C17H22/c1-5-15(13-14-17(2,3)4)11-12-16-9-7-6-8-10-16/h6-10,13-15H,5H2,1-4H3. The molecular formula is C17H22. The monoisotopic (exact) mass is 226 g/mol. The average Bonchev–Trinajstić information content (AvgIpc) is 2.29. The van der Waals surface area contributed by atoms with E-state index in [0.717, 1.165) is 12.0 Å². The zero-order valence-electron chi connectivity index (χ0n) is 11.3. The van der Waals surface area contributed by atoms with Crippen molar-refractivity contribution in [3.63, 3.8) is 0 Å². The summed E-state index contributed by atoms with van der Waals surface area (Å²) in [6, 6.07) is 10.2. The van der Waals surface area contributed by atoms with Crippen molar-refractivity contribution in [2.45, 2.75) is 34.1 Å². The highest BCUT2D eigenvalue weighted by Gasteiger charge is 2.05. The van der Waals surface area contributed by atoms with Crippen LogP contribution in [0.25, 0.3) is 0 Å². The molecule has 0 aliphatic carbocycles. The lowest BCUT2D eigenvalue weighted by atomic mass is 9.93. The molecule has 17 heavy (non-hydrogen) atoms. The molecule has 1 rings (SSSR count). The Hall–Kier alpha value is -1.48. The first-order valence-electron chi connectivity index (χ1n) is 6.27. The van der Waals surface area contributed by atoms with Gasteiger partial charge >= 0.3 is 0 Å². The summed E-state index contributed by atoms with van der Waals surface area (Å²) in [4.78, 5) is 0. The van der Waals surface area contributed by atoms with Gasteiger partial charge in [-0.05, 0) is 24.0 Å². The fourth-order valence-electron chi connectivity index (χ4n) is 1.39. The third kappa shape index (κ3) is 5.97. The fourth-order valence-corrected chi connectivity index (χ4v) is 1.39. The lowest BCUT2D eigenvalue weighted by Gasteiger charge is -2.12. The second-order valence-corrected chi connectivity index (χ2v) is 5.38. The molecular weight excluding hydrogens is 204 g/mol. The van der Waals surface area contributed by atoms with Crippen LogP contribution in [0.3, 0.4) is 0 Å². The second-order valence-electron chi connectivity index (χ2n) is 5.38. The van der Waals surface area contributed by atoms with Crippen LogP contribution in [0.2, 0.25) is 0 Å². The molecule has 1 aromatic carbocycles. The number of hydrogen-bond acceptors (Lipinski definition) is 0. The van der Waals surface area contributed by atoms with Gasteiger partial charge < -0.3 is 0 Å². The van der Waals surface area contributed by atoms with E-state index in [4.69, 9.17) is 0 Å². The van der Waals surface area contributed by atoms with Crippen molar-refractivity contribution in [2.24, 2.45) is 11.3 Å². The molecule has 0 aliphatic rings. The van der Waals surface area contributed by atoms with E-state index >= 15 is 0 Å². The molecule has 1 unspecified atom stereocenters. The molecule has 0 spiro atoms. The van der Waals surface area contributed by atoms with E-state index in [9.17, 15) is 0 Å². The van der Waals surface area contributed by atoms with E-state index in [2.05, 4.69) is 51.7 Å². The van der Waals surface area contributed by atoms with Gasteiger partial charge in [-0.1, -0.05) is 69.9 Å². The van der Waals surface area contributed by atoms with Gasteiger partial charge in [-0.25, -0.2) is 0 Å². The molecule has 0 aromatic heterocycles. The van der Waals surface area contributed by atoms with E-state index in [0.29, 0.717) is 5.92 Å². The summed E-state index contributed by atoms with van der Waals surface area (Å²) in [7, 11) is 0. The molecule has 0 nitrogen and oxygen atoms in total. The van der Waals surface area contributed by atoms with Gasteiger partial charge in [-0.15, -0.1) is 0 Å². The van der Waals surface area contributed by atoms with E-state index in [1.807, 2.05) is 30.3 Å². The minimum Gasteiger partial charge on any atom is -0.0903 e. The van der Waals surface area contributed by atoms with Crippen LogP contribution in [-0.2, 0) is 0 Å². The summed E-state index contributed by atoms with van der Waals surface area (Å²) < 4.78 is 0. The number of rotatable bonds is 2. The zero-order valence-corrected chi connectivity index (χ0v) is 11.3. The molecule has 0 radical (unpaired) electrons. The van der Waals surface area contributed by atoms with E-state index < -0.39 is 0 Å². The summed E-state index contributed by atoms with van der Waals surface area (Å²) in [6.45, 7) is 8.81. The van der Waals surface area contributed by atoms with Crippen LogP contribution < -0.4 is 0 Å². The van der Waals surface area contributed by atoms with Crippen molar-refractivity contribution in [2.75, 3.05) is 0 Å². The number of benzene rings is 1. The van der Waals surface area contributed by atoms with Gasteiger partial charge in [0.15, 0.2) is 0 Å². The van der Waals surface area contributed by atoms with Crippen LogP contribution in [0.4, 0.5) is 0 Å². The molecule has 0 amide bonds. The molecule has 0 aliphatic heterocycles. The van der Waals surface area contributed by atoms with Gasteiger partial charge in [-0.3, -0.25) is 0 Å². The highest BCUT2D eigenvalue weighted by molar-refractivity contribution is 5.34. The molecule has 0 saturated heterocycles. The predicted molar refractivity (Wildman–Crippen MR) is 75.7 cm³/mol. The van der Waals surface area contributed by atoms with E-state index in [1.165, 1.54) is 0 Å². The Balaban J connectivity index is 2.72. The molecule has 0 heterocycles. The minimum atomic E-state index is 0.238. The Morgan fingerprint density at radius 1 is 1.18 bits per heavy atom. The van der Waals surface area contributed by atoms with Crippen molar-refractivity contribution in [1.82, 2.24) is 0 Å². The largest absolute Gasteiger partial charge is 0.0903 e. The topological polar surface area (TPSA) is 0 Å². The molecule has 0 fully saturated rings. The van der Waals surface area contributed by atoms with E-state index in [-0.39, 0.29) is 5.41 Å². The smallest absolute Gasteiger partial charge is 0.0383 e. The van der Waals surface area contributed by atoms with Crippen LogP contribution in [0.15, 0.2) is 42.5 Å². The molecule has 90 valence electrons. The van der Waals surface area contributed by atoms with Crippen LogP contribution in [0.1, 0.15) is 39.7 Å². The number of hydrogen-bond donors (Lipinski definition) is 0. The summed E-state index contributed by atoms with van der Waals surface area (Å²) in [5.41, 5.74) is 1.33. The normalized spacial score (nSPS) is 13.2. The third-order valence-electron chi connectivity index (χ3n) is 2.44. The van der Waals surface area contributed by atoms with Gasteiger partial charge in [-0.2, -0.15) is 0 Å². The molecule has 1 aromatic rings. The van der Waals surface area contributed by atoms with Crippen molar-refractivity contribution < 1.29 is 0 Å². The van der Waals surface area contributed by atoms with Crippen molar-refractivity contribution >= 4 is 0 Å². The first kappa shape index (κ1) is 13.6. The van der Waals surface area contributed by atoms with Crippen LogP contribution in [0.5, 0.6) is 0 Å². The quantitative estimate of drug-likeness (QED) is 0.508. The summed E-state index contributed by atoms with van der Waals surface area (Å²) in [6.07, 6.45) is 5.54. The molecule has 0 saturated carbocycles. The van der Waals surface area contributed by atoms with Gasteiger partial charge in [0.25, 0.3) is 0 Å². The third-order valence-corrected chi connectivity index (χ3v) is 2.44. The summed E-state index contributed by atoms with van der Waals surface area (Å²) >= 11 is 0. The van der Waals surface area contributed by atoms with Gasteiger partial charge in [0.1, 0.15) is 0 Å². The Labute approximate surface area is 106 Å². The fraction of sp³-hybridized carbons (Fsp3) is 0.412. The Bertz CT molecular complexity index is 407. The maximum absolute atomic E-state index is 3.32. The van der Waals surface area contributed by atoms with Gasteiger partial charge in [0.2, 0.25) is 0 Å². The lowest BCUT2D eigenvalue weighted by molar-refractivity contribution is 0.539. The van der Waals surface area contributed by atoms with Crippen molar-refractivity contribution in [3.05, 3.63) is 48.0 Å². The first-order chi connectivity index (χ1) is 8.01. The average molecular weight is 226 g/mol. The maximum atomic E-state index is 3.32. The van der Waals surface area contributed by atoms with Crippen LogP contribution >= 0.6 is 0 Å². The summed E-state index contributed by atoms with van der Waals surface area (Å²) in [5, 5.41) is 0. The van der Waals surface area contributed by atoms with Crippen LogP contribution in [0, 0.1) is 23.2 Å². The molecule has 0 bridgehead atoms.